The Labute approximate surface area is 409 Å². The summed E-state index contributed by atoms with van der Waals surface area (Å²) in [4.78, 5) is 18.3. The zero-order chi connectivity index (χ0) is 45.6. The molecule has 0 amide bonds. The summed E-state index contributed by atoms with van der Waals surface area (Å²) in [6, 6.07) is 74.2. The van der Waals surface area contributed by atoms with Crippen molar-refractivity contribution in [3.63, 3.8) is 0 Å². The Bertz CT molecular complexity index is 4000. The summed E-state index contributed by atoms with van der Waals surface area (Å²) >= 11 is 7.55. The van der Waals surface area contributed by atoms with Gasteiger partial charge in [0.15, 0.2) is 11.6 Å². The van der Waals surface area contributed by atoms with Crippen molar-refractivity contribution >= 4 is 86.4 Å². The van der Waals surface area contributed by atoms with Crippen molar-refractivity contribution in [3.05, 3.63) is 240 Å². The molecule has 6 nitrogen and oxygen atoms in total. The van der Waals surface area contributed by atoms with Crippen LogP contribution in [0.1, 0.15) is 0 Å². The zero-order valence-corrected chi connectivity index (χ0v) is 39.6. The molecule has 68 heavy (non-hydrogen) atoms. The Morgan fingerprint density at radius 1 is 0.338 bits per heavy atom. The molecule has 0 atom stereocenters. The van der Waals surface area contributed by atoms with Gasteiger partial charge in [-0.2, -0.15) is 0 Å². The highest BCUT2D eigenvalue weighted by atomic mass is 79.9. The van der Waals surface area contributed by atoms with Crippen LogP contribution in [0.25, 0.3) is 111 Å². The smallest absolute Gasteiger partial charge is 0.159 e. The van der Waals surface area contributed by atoms with Crippen LogP contribution in [0.15, 0.2) is 240 Å². The molecule has 0 aliphatic carbocycles. The normalized spacial score (nSPS) is 11.4. The third kappa shape index (κ3) is 7.54. The van der Waals surface area contributed by atoms with Crippen LogP contribution in [0.4, 0.5) is 0 Å². The first kappa shape index (κ1) is 41.4. The molecule has 4 aromatic heterocycles. The fourth-order valence-electron chi connectivity index (χ4n) is 9.32. The highest BCUT2D eigenvalue weighted by molar-refractivity contribution is 9.11. The van der Waals surface area contributed by atoms with E-state index >= 15 is 0 Å². The van der Waals surface area contributed by atoms with Gasteiger partial charge in [-0.3, -0.25) is 0 Å². The molecule has 0 saturated carbocycles. The Kier molecular flexibility index (Phi) is 10.7. The van der Waals surface area contributed by atoms with Gasteiger partial charge in [0, 0.05) is 77.0 Å². The molecular formula is C60H38Br2N6. The summed E-state index contributed by atoms with van der Waals surface area (Å²) in [6.07, 6.45) is 5.44. The SMILES string of the molecule is Brc1ccc(-c2ncc3ccccc3n2)cc1-c1ccc2c3ccccc3n(-c3ccccc3)c2c1.Brc1ccc(-c2ncccn2)cc1-c1ccc2c3ccccc3n(-c3ccccc3)c2c1. The van der Waals surface area contributed by atoms with Crippen molar-refractivity contribution in [2.24, 2.45) is 0 Å². The molecule has 8 heteroatoms. The van der Waals surface area contributed by atoms with E-state index in [9.17, 15) is 0 Å². The van der Waals surface area contributed by atoms with Gasteiger partial charge in [-0.25, -0.2) is 19.9 Å². The van der Waals surface area contributed by atoms with Crippen LogP contribution >= 0.6 is 31.9 Å². The fourth-order valence-corrected chi connectivity index (χ4v) is 10.3. The molecule has 0 aliphatic heterocycles. The molecule has 0 radical (unpaired) electrons. The number of fused-ring (bicyclic) bond motifs is 7. The standard InChI is InChI=1S/C32H20BrN3.C28H18BrN3/c33-28-17-15-22(32-34-20-23-8-4-6-12-29(23)35-32)18-27(28)21-14-16-26-25-11-5-7-13-30(25)36(31(26)19-21)24-9-2-1-3-10-24;29-25-14-12-20(28-30-15-6-16-31-28)17-24(25)19-11-13-23-22-9-4-5-10-26(22)32(27(23)18-19)21-7-2-1-3-8-21/h1-20H;1-18H. The lowest BCUT2D eigenvalue weighted by Crippen LogP contribution is -1.94. The van der Waals surface area contributed by atoms with Gasteiger partial charge in [0.1, 0.15) is 0 Å². The van der Waals surface area contributed by atoms with E-state index in [0.29, 0.717) is 0 Å². The van der Waals surface area contributed by atoms with Crippen molar-refractivity contribution < 1.29 is 0 Å². The van der Waals surface area contributed by atoms with Crippen LogP contribution in [0.3, 0.4) is 0 Å². The van der Waals surface area contributed by atoms with Crippen LogP contribution in [0.5, 0.6) is 0 Å². The van der Waals surface area contributed by atoms with Crippen molar-refractivity contribution in [2.75, 3.05) is 0 Å². The van der Waals surface area contributed by atoms with E-state index in [0.717, 1.165) is 76.3 Å². The van der Waals surface area contributed by atoms with E-state index in [1.54, 1.807) is 12.4 Å². The van der Waals surface area contributed by atoms with Crippen molar-refractivity contribution in [1.29, 1.82) is 0 Å². The second-order valence-electron chi connectivity index (χ2n) is 16.6. The quantitative estimate of drug-likeness (QED) is 0.167. The summed E-state index contributed by atoms with van der Waals surface area (Å²) in [5.41, 5.74) is 14.5. The van der Waals surface area contributed by atoms with E-state index in [2.05, 4.69) is 232 Å². The lowest BCUT2D eigenvalue weighted by Gasteiger charge is -2.11. The number of halogens is 2. The second-order valence-corrected chi connectivity index (χ2v) is 18.3. The number of aromatic nitrogens is 6. The minimum Gasteiger partial charge on any atom is -0.309 e. The third-order valence-corrected chi connectivity index (χ3v) is 13.9. The highest BCUT2D eigenvalue weighted by Crippen LogP contribution is 2.40. The maximum absolute atomic E-state index is 4.81. The first-order chi connectivity index (χ1) is 33.6. The van der Waals surface area contributed by atoms with Crippen LogP contribution in [-0.4, -0.2) is 29.1 Å². The van der Waals surface area contributed by atoms with Gasteiger partial charge in [0.2, 0.25) is 0 Å². The molecule has 13 aromatic rings. The molecule has 0 N–H and O–H groups in total. The molecule has 0 spiro atoms. The van der Waals surface area contributed by atoms with Crippen molar-refractivity contribution in [3.8, 4) is 56.4 Å². The Morgan fingerprint density at radius 3 is 1.35 bits per heavy atom. The molecule has 0 saturated heterocycles. The van der Waals surface area contributed by atoms with Crippen LogP contribution in [-0.2, 0) is 0 Å². The number of hydrogen-bond donors (Lipinski definition) is 0. The van der Waals surface area contributed by atoms with E-state index in [1.807, 2.05) is 42.6 Å². The minimum atomic E-state index is 0.723. The lowest BCUT2D eigenvalue weighted by atomic mass is 10.0. The molecular weight excluding hydrogens is 965 g/mol. The number of rotatable bonds is 6. The Balaban J connectivity index is 0.000000142. The van der Waals surface area contributed by atoms with Gasteiger partial charge in [-0.15, -0.1) is 0 Å². The van der Waals surface area contributed by atoms with Gasteiger partial charge in [-0.1, -0.05) is 159 Å². The van der Waals surface area contributed by atoms with Gasteiger partial charge in [-0.05, 0) is 107 Å². The predicted molar refractivity (Wildman–Crippen MR) is 287 cm³/mol. The molecule has 9 aromatic carbocycles. The number of nitrogens with zero attached hydrogens (tertiary/aromatic N) is 6. The first-order valence-electron chi connectivity index (χ1n) is 22.3. The van der Waals surface area contributed by atoms with E-state index in [-0.39, 0.29) is 0 Å². The lowest BCUT2D eigenvalue weighted by molar-refractivity contribution is 1.17. The minimum absolute atomic E-state index is 0.723. The summed E-state index contributed by atoms with van der Waals surface area (Å²) < 4.78 is 6.76. The molecule has 13 rings (SSSR count). The van der Waals surface area contributed by atoms with Gasteiger partial charge in [0.25, 0.3) is 0 Å². The average molecular weight is 1000 g/mol. The highest BCUT2D eigenvalue weighted by Gasteiger charge is 2.17. The molecule has 0 fully saturated rings. The van der Waals surface area contributed by atoms with Gasteiger partial charge in [0.05, 0.1) is 27.6 Å². The monoisotopic (exact) mass is 1000 g/mol. The maximum atomic E-state index is 4.81. The predicted octanol–water partition coefficient (Wildman–Crippen LogP) is 16.5. The van der Waals surface area contributed by atoms with Gasteiger partial charge < -0.3 is 9.13 Å². The zero-order valence-electron chi connectivity index (χ0n) is 36.4. The molecule has 4 heterocycles. The Hall–Kier alpha value is -8.04. The van der Waals surface area contributed by atoms with Crippen molar-refractivity contribution in [1.82, 2.24) is 29.1 Å². The van der Waals surface area contributed by atoms with Crippen LogP contribution < -0.4 is 0 Å². The van der Waals surface area contributed by atoms with E-state index < -0.39 is 0 Å². The molecule has 0 unspecified atom stereocenters. The maximum Gasteiger partial charge on any atom is 0.159 e. The topological polar surface area (TPSA) is 61.4 Å². The summed E-state index contributed by atoms with van der Waals surface area (Å²) in [6.45, 7) is 0. The Morgan fingerprint density at radius 2 is 0.794 bits per heavy atom. The van der Waals surface area contributed by atoms with Crippen molar-refractivity contribution in [2.45, 2.75) is 0 Å². The average Bonchev–Trinajstić information content (AvgIpc) is 3.92. The first-order valence-corrected chi connectivity index (χ1v) is 23.9. The summed E-state index contributed by atoms with van der Waals surface area (Å²) in [5.74, 6) is 1.45. The molecule has 0 aliphatic rings. The fraction of sp³-hybridized carbons (Fsp3) is 0. The summed E-state index contributed by atoms with van der Waals surface area (Å²) in [7, 11) is 0. The number of para-hydroxylation sites is 5. The van der Waals surface area contributed by atoms with Crippen LogP contribution in [0, 0.1) is 0 Å². The van der Waals surface area contributed by atoms with E-state index in [4.69, 9.17) is 4.98 Å². The number of hydrogen-bond acceptors (Lipinski definition) is 4. The molecule has 322 valence electrons. The van der Waals surface area contributed by atoms with Crippen LogP contribution in [0.2, 0.25) is 0 Å². The van der Waals surface area contributed by atoms with Gasteiger partial charge >= 0.3 is 0 Å². The summed E-state index contributed by atoms with van der Waals surface area (Å²) in [5, 5.41) is 6.02. The third-order valence-electron chi connectivity index (χ3n) is 12.5. The second kappa shape index (κ2) is 17.6. The number of benzene rings is 9. The van der Waals surface area contributed by atoms with E-state index in [1.165, 1.54) is 43.6 Å². The largest absolute Gasteiger partial charge is 0.309 e. The molecule has 0 bridgehead atoms.